The number of fused-ring (bicyclic) bond motifs is 1. The number of aromatic nitrogens is 3. The first-order valence-electron chi connectivity index (χ1n) is 11.6. The number of likely N-dealkylation sites (tertiary alicyclic amines) is 1. The van der Waals surface area contributed by atoms with Gasteiger partial charge in [-0.1, -0.05) is 13.3 Å². The van der Waals surface area contributed by atoms with Crippen LogP contribution in [0.25, 0.3) is 10.9 Å². The number of rotatable bonds is 7. The molecule has 2 aromatic rings. The Bertz CT molecular complexity index is 830. The molecule has 7 heteroatoms. The molecule has 2 N–H and O–H groups in total. The highest BCUT2D eigenvalue weighted by molar-refractivity contribution is 5.86. The van der Waals surface area contributed by atoms with Crippen molar-refractivity contribution in [2.24, 2.45) is 0 Å². The Labute approximate surface area is 179 Å². The Hall–Kier alpha value is -1.99. The number of aliphatic hydroxyl groups excluding tert-OH is 1. The third kappa shape index (κ3) is 5.01. The first-order chi connectivity index (χ1) is 14.6. The van der Waals surface area contributed by atoms with Gasteiger partial charge < -0.3 is 20.1 Å². The lowest BCUT2D eigenvalue weighted by atomic mass is 9.83. The molecule has 3 heterocycles. The van der Waals surface area contributed by atoms with Crippen LogP contribution in [0.5, 0.6) is 5.88 Å². The fraction of sp³-hybridized carbons (Fsp3) is 0.696. The van der Waals surface area contributed by atoms with Gasteiger partial charge in [0.25, 0.3) is 0 Å². The second-order valence-corrected chi connectivity index (χ2v) is 8.88. The maximum absolute atomic E-state index is 9.92. The molecule has 0 atom stereocenters. The minimum Gasteiger partial charge on any atom is -0.474 e. The van der Waals surface area contributed by atoms with Gasteiger partial charge in [-0.05, 0) is 57.9 Å². The van der Waals surface area contributed by atoms with Crippen molar-refractivity contribution >= 4 is 16.9 Å². The number of piperidine rings is 1. The molecule has 1 aliphatic carbocycles. The zero-order valence-corrected chi connectivity index (χ0v) is 18.3. The van der Waals surface area contributed by atoms with Crippen molar-refractivity contribution < 1.29 is 9.84 Å². The topological polar surface area (TPSA) is 83.4 Å². The van der Waals surface area contributed by atoms with Crippen molar-refractivity contribution in [3.05, 3.63) is 18.0 Å². The van der Waals surface area contributed by atoms with E-state index in [0.717, 1.165) is 87.5 Å². The van der Waals surface area contributed by atoms with Crippen LogP contribution in [-0.2, 0) is 0 Å². The number of hydrogen-bond donors (Lipinski definition) is 2. The van der Waals surface area contributed by atoms with Crippen LogP contribution in [0.1, 0.15) is 69.8 Å². The minimum absolute atomic E-state index is 0.173. The maximum Gasteiger partial charge on any atom is 0.224 e. The van der Waals surface area contributed by atoms with Gasteiger partial charge in [-0.25, -0.2) is 15.0 Å². The van der Waals surface area contributed by atoms with Gasteiger partial charge in [-0.3, -0.25) is 0 Å². The summed E-state index contributed by atoms with van der Waals surface area (Å²) < 4.78 is 6.34. The summed E-state index contributed by atoms with van der Waals surface area (Å²) in [6.07, 6.45) is 11.7. The molecule has 2 aliphatic rings. The number of pyridine rings is 1. The molecular weight excluding hydrogens is 378 g/mol. The molecule has 1 aliphatic heterocycles. The number of anilines is 1. The Morgan fingerprint density at radius 2 is 1.87 bits per heavy atom. The Kier molecular flexibility index (Phi) is 7.00. The van der Waals surface area contributed by atoms with Crippen molar-refractivity contribution in [1.29, 1.82) is 0 Å². The van der Waals surface area contributed by atoms with Crippen molar-refractivity contribution in [3.63, 3.8) is 0 Å². The van der Waals surface area contributed by atoms with E-state index >= 15 is 0 Å². The second-order valence-electron chi connectivity index (χ2n) is 8.88. The molecule has 0 amide bonds. The summed E-state index contributed by atoms with van der Waals surface area (Å²) in [4.78, 5) is 16.5. The van der Waals surface area contributed by atoms with Crippen LogP contribution < -0.4 is 10.1 Å². The van der Waals surface area contributed by atoms with Gasteiger partial charge in [-0.15, -0.1) is 0 Å². The number of aliphatic hydroxyl groups is 1. The molecule has 0 unspecified atom stereocenters. The van der Waals surface area contributed by atoms with Crippen LogP contribution in [0, 0.1) is 0 Å². The third-order valence-electron chi connectivity index (χ3n) is 6.51. The molecule has 1 saturated heterocycles. The molecule has 30 heavy (non-hydrogen) atoms. The zero-order chi connectivity index (χ0) is 20.9. The first-order valence-corrected chi connectivity index (χ1v) is 11.6. The van der Waals surface area contributed by atoms with Crippen LogP contribution in [-0.4, -0.2) is 63.8 Å². The van der Waals surface area contributed by atoms with Gasteiger partial charge in [0.2, 0.25) is 11.8 Å². The molecule has 4 rings (SSSR count). The van der Waals surface area contributed by atoms with Crippen molar-refractivity contribution in [3.8, 4) is 5.88 Å². The number of ether oxygens (including phenoxy) is 1. The highest BCUT2D eigenvalue weighted by Gasteiger charge is 2.26. The second kappa shape index (κ2) is 9.88. The van der Waals surface area contributed by atoms with Gasteiger partial charge in [0, 0.05) is 37.6 Å². The van der Waals surface area contributed by atoms with Crippen molar-refractivity contribution in [2.45, 2.75) is 76.4 Å². The Morgan fingerprint density at radius 3 is 2.60 bits per heavy atom. The highest BCUT2D eigenvalue weighted by Crippen LogP contribution is 2.38. The van der Waals surface area contributed by atoms with Crippen molar-refractivity contribution in [2.75, 3.05) is 32.0 Å². The average molecular weight is 414 g/mol. The summed E-state index contributed by atoms with van der Waals surface area (Å²) in [7, 11) is 2.15. The lowest BCUT2D eigenvalue weighted by Gasteiger charge is -2.30. The predicted molar refractivity (Wildman–Crippen MR) is 119 cm³/mol. The van der Waals surface area contributed by atoms with Gasteiger partial charge in [0.1, 0.15) is 6.10 Å². The summed E-state index contributed by atoms with van der Waals surface area (Å²) in [6.45, 7) is 5.15. The predicted octanol–water partition coefficient (Wildman–Crippen LogP) is 3.73. The molecule has 1 saturated carbocycles. The minimum atomic E-state index is -0.173. The van der Waals surface area contributed by atoms with E-state index in [4.69, 9.17) is 14.7 Å². The molecule has 7 nitrogen and oxygen atoms in total. The molecule has 0 bridgehead atoms. The van der Waals surface area contributed by atoms with E-state index in [1.165, 1.54) is 0 Å². The lowest BCUT2D eigenvalue weighted by Crippen LogP contribution is -2.35. The number of hydrogen-bond acceptors (Lipinski definition) is 7. The van der Waals surface area contributed by atoms with Crippen LogP contribution in [0.4, 0.5) is 5.95 Å². The van der Waals surface area contributed by atoms with Gasteiger partial charge in [0.15, 0.2) is 0 Å². The Balaban J connectivity index is 1.63. The molecular formula is C23H35N5O2. The molecule has 2 aromatic heterocycles. The van der Waals surface area contributed by atoms with E-state index in [2.05, 4.69) is 29.2 Å². The summed E-state index contributed by atoms with van der Waals surface area (Å²) in [6, 6.07) is 0. The van der Waals surface area contributed by atoms with Gasteiger partial charge in [0.05, 0.1) is 17.0 Å². The fourth-order valence-electron chi connectivity index (χ4n) is 4.52. The standard InChI is InChI=1S/C23H35N5O2/c1-3-4-11-24-23-26-15-20-21(27-23)19(16-5-7-17(29)8-6-16)14-25-22(20)30-18-9-12-28(2)13-10-18/h14-18,29H,3-13H2,1-2H3,(H,24,26,27)/t16-,17-. The van der Waals surface area contributed by atoms with Crippen molar-refractivity contribution in [1.82, 2.24) is 19.9 Å². The summed E-state index contributed by atoms with van der Waals surface area (Å²) in [5.74, 6) is 1.70. The third-order valence-corrected chi connectivity index (χ3v) is 6.51. The van der Waals surface area contributed by atoms with Gasteiger partial charge >= 0.3 is 0 Å². The summed E-state index contributed by atoms with van der Waals surface area (Å²) >= 11 is 0. The molecule has 2 fully saturated rings. The normalized spacial score (nSPS) is 23.6. The highest BCUT2D eigenvalue weighted by atomic mass is 16.5. The Morgan fingerprint density at radius 1 is 1.10 bits per heavy atom. The molecule has 164 valence electrons. The lowest BCUT2D eigenvalue weighted by molar-refractivity contribution is 0.111. The average Bonchev–Trinajstić information content (AvgIpc) is 2.76. The zero-order valence-electron chi connectivity index (χ0n) is 18.3. The van der Waals surface area contributed by atoms with E-state index in [9.17, 15) is 5.11 Å². The SMILES string of the molecule is CCCCNc1ncc2c(OC3CCN(C)CC3)ncc([C@H]3CC[C@H](O)CC3)c2n1. The first kappa shape index (κ1) is 21.2. The van der Waals surface area contributed by atoms with Crippen LogP contribution >= 0.6 is 0 Å². The number of nitrogens with zero attached hydrogens (tertiary/aromatic N) is 4. The van der Waals surface area contributed by atoms with Crippen LogP contribution in [0.3, 0.4) is 0 Å². The number of nitrogens with one attached hydrogen (secondary N) is 1. The summed E-state index contributed by atoms with van der Waals surface area (Å²) in [5, 5.41) is 14.2. The van der Waals surface area contributed by atoms with E-state index in [-0.39, 0.29) is 12.2 Å². The van der Waals surface area contributed by atoms with E-state index in [0.29, 0.717) is 17.7 Å². The fourth-order valence-corrected chi connectivity index (χ4v) is 4.52. The quantitative estimate of drug-likeness (QED) is 0.669. The smallest absolute Gasteiger partial charge is 0.224 e. The molecule has 0 aromatic carbocycles. The van der Waals surface area contributed by atoms with E-state index < -0.39 is 0 Å². The maximum atomic E-state index is 9.92. The van der Waals surface area contributed by atoms with E-state index in [1.807, 2.05) is 12.4 Å². The van der Waals surface area contributed by atoms with Crippen LogP contribution in [0.2, 0.25) is 0 Å². The molecule has 0 radical (unpaired) electrons. The van der Waals surface area contributed by atoms with Crippen LogP contribution in [0.15, 0.2) is 12.4 Å². The van der Waals surface area contributed by atoms with E-state index in [1.54, 1.807) is 0 Å². The monoisotopic (exact) mass is 413 g/mol. The summed E-state index contributed by atoms with van der Waals surface area (Å²) in [5.41, 5.74) is 2.11. The molecule has 0 spiro atoms. The van der Waals surface area contributed by atoms with Gasteiger partial charge in [-0.2, -0.15) is 0 Å². The number of unbranched alkanes of at least 4 members (excludes halogenated alkanes) is 1. The largest absolute Gasteiger partial charge is 0.474 e.